The normalized spacial score (nSPS) is 13.1. The first kappa shape index (κ1) is 36.1. The van der Waals surface area contributed by atoms with Gasteiger partial charge in [-0.05, 0) is 87.5 Å². The molecule has 2 aliphatic rings. The number of para-hydroxylation sites is 1. The van der Waals surface area contributed by atoms with E-state index >= 15 is 0 Å². The van der Waals surface area contributed by atoms with E-state index < -0.39 is 5.41 Å². The number of hydrogen-bond acceptors (Lipinski definition) is 5. The van der Waals surface area contributed by atoms with Crippen molar-refractivity contribution < 1.29 is 13.9 Å². The number of nitrogens with zero attached hydrogens (tertiary/aromatic N) is 2. The standard InChI is InChI=1S/C59H36N2O3/c1-4-15-37(16-5-1)49-36-50(40-27-29-45-44-23-11-13-26-51(44)62-54(45)35-40)61-58(60-49)41-18-14-17-38(33-41)39-28-31-52-55(34-39)63-53-32-30-48-56(57(53)64-52)46-24-10-12-25-47(46)59(48,42-19-6-2-7-20-42)43-21-8-3-9-22-43/h1-36H. The van der Waals surface area contributed by atoms with Gasteiger partial charge in [-0.15, -0.1) is 0 Å². The fraction of sp³-hybridized carbons (Fsp3) is 0.0169. The van der Waals surface area contributed by atoms with Crippen LogP contribution in [0.5, 0.6) is 23.0 Å². The molecule has 13 rings (SSSR count). The molecule has 0 radical (unpaired) electrons. The van der Waals surface area contributed by atoms with Crippen LogP contribution in [0.3, 0.4) is 0 Å². The molecule has 0 fully saturated rings. The fourth-order valence-corrected chi connectivity index (χ4v) is 9.95. The Balaban J connectivity index is 0.881. The lowest BCUT2D eigenvalue weighted by molar-refractivity contribution is 0.360. The summed E-state index contributed by atoms with van der Waals surface area (Å²) >= 11 is 0. The third-order valence-electron chi connectivity index (χ3n) is 12.8. The number of rotatable bonds is 6. The zero-order valence-corrected chi connectivity index (χ0v) is 34.4. The van der Waals surface area contributed by atoms with Gasteiger partial charge in [0, 0.05) is 33.0 Å². The van der Waals surface area contributed by atoms with Crippen LogP contribution in [0.15, 0.2) is 223 Å². The smallest absolute Gasteiger partial charge is 0.178 e. The number of fused-ring (bicyclic) bond motifs is 9. The second-order valence-corrected chi connectivity index (χ2v) is 16.4. The highest BCUT2D eigenvalue weighted by molar-refractivity contribution is 6.06. The van der Waals surface area contributed by atoms with Crippen molar-refractivity contribution in [3.8, 4) is 79.2 Å². The summed E-state index contributed by atoms with van der Waals surface area (Å²) in [5.41, 5.74) is 14.7. The maximum atomic E-state index is 6.93. The molecule has 1 aliphatic carbocycles. The lowest BCUT2D eigenvalue weighted by Gasteiger charge is -2.34. The molecule has 5 nitrogen and oxygen atoms in total. The van der Waals surface area contributed by atoms with Crippen LogP contribution >= 0.6 is 0 Å². The highest BCUT2D eigenvalue weighted by atomic mass is 16.6. The average molecular weight is 821 g/mol. The van der Waals surface area contributed by atoms with Gasteiger partial charge < -0.3 is 13.9 Å². The Morgan fingerprint density at radius 3 is 1.80 bits per heavy atom. The van der Waals surface area contributed by atoms with E-state index in [4.69, 9.17) is 23.9 Å². The first-order valence-electron chi connectivity index (χ1n) is 21.5. The predicted molar refractivity (Wildman–Crippen MR) is 255 cm³/mol. The molecule has 5 heteroatoms. The summed E-state index contributed by atoms with van der Waals surface area (Å²) in [5, 5.41) is 2.18. The molecule has 0 atom stereocenters. The largest absolute Gasteiger partial charge is 0.456 e. The summed E-state index contributed by atoms with van der Waals surface area (Å²) in [6.45, 7) is 0. The third kappa shape index (κ3) is 5.57. The maximum Gasteiger partial charge on any atom is 0.178 e. The summed E-state index contributed by atoms with van der Waals surface area (Å²) < 4.78 is 20.0. The first-order chi connectivity index (χ1) is 31.7. The molecule has 0 saturated heterocycles. The van der Waals surface area contributed by atoms with Crippen molar-refractivity contribution in [1.82, 2.24) is 9.97 Å². The van der Waals surface area contributed by atoms with E-state index in [0.29, 0.717) is 23.1 Å². The number of benzene rings is 9. The summed E-state index contributed by atoms with van der Waals surface area (Å²) in [7, 11) is 0. The van der Waals surface area contributed by atoms with Gasteiger partial charge in [0.15, 0.2) is 28.8 Å². The number of ether oxygens (including phenoxy) is 2. The van der Waals surface area contributed by atoms with E-state index in [1.54, 1.807) is 0 Å². The highest BCUT2D eigenvalue weighted by Crippen LogP contribution is 2.62. The second-order valence-electron chi connectivity index (χ2n) is 16.4. The Bertz CT molecular complexity index is 3580. The van der Waals surface area contributed by atoms with Crippen LogP contribution in [0.25, 0.3) is 78.1 Å². The molecule has 9 aromatic carbocycles. The summed E-state index contributed by atoms with van der Waals surface area (Å²) in [5.74, 6) is 3.37. The van der Waals surface area contributed by atoms with Gasteiger partial charge in [0.1, 0.15) is 11.2 Å². The number of furan rings is 1. The van der Waals surface area contributed by atoms with Gasteiger partial charge >= 0.3 is 0 Å². The quantitative estimate of drug-likeness (QED) is 0.167. The lowest BCUT2D eigenvalue weighted by Crippen LogP contribution is -2.28. The van der Waals surface area contributed by atoms with Gasteiger partial charge in [-0.25, -0.2) is 9.97 Å². The van der Waals surface area contributed by atoms with E-state index in [1.807, 2.05) is 42.5 Å². The van der Waals surface area contributed by atoms with Crippen molar-refractivity contribution >= 4 is 21.9 Å². The molecule has 3 heterocycles. The van der Waals surface area contributed by atoms with E-state index in [-0.39, 0.29) is 0 Å². The van der Waals surface area contributed by atoms with E-state index in [2.05, 4.69) is 176 Å². The van der Waals surface area contributed by atoms with Crippen LogP contribution in [0.2, 0.25) is 0 Å². The molecule has 0 saturated carbocycles. The van der Waals surface area contributed by atoms with Gasteiger partial charge in [0.2, 0.25) is 0 Å². The van der Waals surface area contributed by atoms with E-state index in [0.717, 1.165) is 78.0 Å². The van der Waals surface area contributed by atoms with Crippen LogP contribution in [-0.2, 0) is 5.41 Å². The summed E-state index contributed by atoms with van der Waals surface area (Å²) in [6, 6.07) is 75.9. The molecule has 2 aromatic heterocycles. The molecule has 300 valence electrons. The van der Waals surface area contributed by atoms with Crippen molar-refractivity contribution in [2.24, 2.45) is 0 Å². The molecule has 0 amide bonds. The molecule has 11 aromatic rings. The van der Waals surface area contributed by atoms with Gasteiger partial charge in [0.25, 0.3) is 0 Å². The highest BCUT2D eigenvalue weighted by Gasteiger charge is 2.48. The maximum absolute atomic E-state index is 6.93. The van der Waals surface area contributed by atoms with Crippen LogP contribution in [0.1, 0.15) is 22.3 Å². The molecule has 0 bridgehead atoms. The third-order valence-corrected chi connectivity index (χ3v) is 12.8. The van der Waals surface area contributed by atoms with Gasteiger partial charge in [-0.1, -0.05) is 170 Å². The van der Waals surface area contributed by atoms with Gasteiger partial charge in [0.05, 0.1) is 16.8 Å². The van der Waals surface area contributed by atoms with Crippen molar-refractivity contribution in [3.05, 3.63) is 241 Å². The minimum absolute atomic E-state index is 0.533. The Hall–Kier alpha value is -8.54. The first-order valence-corrected chi connectivity index (χ1v) is 21.5. The zero-order chi connectivity index (χ0) is 42.2. The van der Waals surface area contributed by atoms with Crippen molar-refractivity contribution in [3.63, 3.8) is 0 Å². The molecular formula is C59H36N2O3. The summed E-state index contributed by atoms with van der Waals surface area (Å²) in [4.78, 5) is 10.3. The average Bonchev–Trinajstić information content (AvgIpc) is 3.90. The fourth-order valence-electron chi connectivity index (χ4n) is 9.95. The van der Waals surface area contributed by atoms with Crippen molar-refractivity contribution in [2.45, 2.75) is 5.41 Å². The van der Waals surface area contributed by atoms with Crippen molar-refractivity contribution in [1.29, 1.82) is 0 Å². The molecule has 0 unspecified atom stereocenters. The molecular weight excluding hydrogens is 785 g/mol. The van der Waals surface area contributed by atoms with Crippen LogP contribution < -0.4 is 9.47 Å². The molecule has 0 N–H and O–H groups in total. The van der Waals surface area contributed by atoms with E-state index in [9.17, 15) is 0 Å². The monoisotopic (exact) mass is 820 g/mol. The number of aromatic nitrogens is 2. The predicted octanol–water partition coefficient (Wildman–Crippen LogP) is 15.3. The molecule has 64 heavy (non-hydrogen) atoms. The van der Waals surface area contributed by atoms with Crippen molar-refractivity contribution in [2.75, 3.05) is 0 Å². The second kappa shape index (κ2) is 14.3. The SMILES string of the molecule is c1ccc(-c2cc(-c3ccc4c(c3)oc3ccccc34)nc(-c3cccc(-c4ccc5c(c4)Oc4ccc6c(c4O5)-c4ccccc4C6(c4ccccc4)c4ccccc4)c3)n2)cc1. The van der Waals surface area contributed by atoms with E-state index in [1.165, 1.54) is 22.3 Å². The van der Waals surface area contributed by atoms with Gasteiger partial charge in [-0.3, -0.25) is 0 Å². The van der Waals surface area contributed by atoms with Crippen LogP contribution in [0.4, 0.5) is 0 Å². The Morgan fingerprint density at radius 2 is 0.984 bits per heavy atom. The molecule has 1 aliphatic heterocycles. The Morgan fingerprint density at radius 1 is 0.359 bits per heavy atom. The Labute approximate surface area is 369 Å². The minimum atomic E-state index is -0.533. The topological polar surface area (TPSA) is 57.4 Å². The molecule has 0 spiro atoms. The zero-order valence-electron chi connectivity index (χ0n) is 34.4. The van der Waals surface area contributed by atoms with Crippen LogP contribution in [-0.4, -0.2) is 9.97 Å². The van der Waals surface area contributed by atoms with Gasteiger partial charge in [-0.2, -0.15) is 0 Å². The number of hydrogen-bond donors (Lipinski definition) is 0. The summed E-state index contributed by atoms with van der Waals surface area (Å²) in [6.07, 6.45) is 0. The van der Waals surface area contributed by atoms with Crippen LogP contribution in [0, 0.1) is 0 Å². The Kier molecular flexibility index (Phi) is 8.06. The lowest BCUT2D eigenvalue weighted by atomic mass is 9.68. The minimum Gasteiger partial charge on any atom is -0.456 e.